The van der Waals surface area contributed by atoms with Gasteiger partial charge >= 0.3 is 0 Å². The Kier molecular flexibility index (Phi) is 2.19. The summed E-state index contributed by atoms with van der Waals surface area (Å²) in [5, 5.41) is 3.01. The lowest BCUT2D eigenvalue weighted by Crippen LogP contribution is -2.49. The molecule has 0 aromatic heterocycles. The summed E-state index contributed by atoms with van der Waals surface area (Å²) in [5.74, 6) is 7.34. The van der Waals surface area contributed by atoms with E-state index in [1.54, 1.807) is 0 Å². The second kappa shape index (κ2) is 3.15. The molecule has 2 heterocycles. The van der Waals surface area contributed by atoms with E-state index in [0.29, 0.717) is 6.85 Å². The molecule has 2 saturated heterocycles. The fourth-order valence-electron chi connectivity index (χ4n) is 2.95. The first-order valence-electron chi connectivity index (χ1n) is 4.88. The summed E-state index contributed by atoms with van der Waals surface area (Å²) in [6.07, 6.45) is 8.51. The molecule has 2 bridgehead atoms. The summed E-state index contributed by atoms with van der Waals surface area (Å²) in [6.45, 7) is 0.650. The van der Waals surface area contributed by atoms with Crippen molar-refractivity contribution in [3.8, 4) is 0 Å². The Balaban J connectivity index is 2.04. The van der Waals surface area contributed by atoms with E-state index in [-0.39, 0.29) is 0 Å². The van der Waals surface area contributed by atoms with Gasteiger partial charge in [-0.25, -0.2) is 0 Å². The van der Waals surface area contributed by atoms with Crippen molar-refractivity contribution in [1.29, 1.82) is 0 Å². The molecular weight excluding hydrogens is 135 g/mol. The molecule has 62 valence electrons. The molecule has 0 aromatic carbocycles. The Hall–Kier alpha value is -0.0151. The van der Waals surface area contributed by atoms with E-state index in [4.69, 9.17) is 5.84 Å². The van der Waals surface area contributed by atoms with Gasteiger partial charge in [0.25, 0.3) is 0 Å². The number of rotatable bonds is 1. The van der Waals surface area contributed by atoms with Crippen LogP contribution in [-0.4, -0.2) is 6.85 Å². The van der Waals surface area contributed by atoms with Gasteiger partial charge in [-0.15, -0.1) is 0 Å². The summed E-state index contributed by atoms with van der Waals surface area (Å²) < 4.78 is 0. The Labute approximate surface area is 69.0 Å². The molecule has 2 nitrogen and oxygen atoms in total. The second-order valence-corrected chi connectivity index (χ2v) is 4.07. The van der Waals surface area contributed by atoms with Crippen LogP contribution in [0.4, 0.5) is 0 Å². The average molecular weight is 152 g/mol. The zero-order chi connectivity index (χ0) is 7.68. The first-order valence-corrected chi connectivity index (χ1v) is 4.88. The third-order valence-corrected chi connectivity index (χ3v) is 3.51. The normalized spacial score (nSPS) is 37.4. The summed E-state index contributed by atoms with van der Waals surface area (Å²) in [7, 11) is 0. The van der Waals surface area contributed by atoms with E-state index >= 15 is 0 Å². The first kappa shape index (κ1) is 7.62. The summed E-state index contributed by atoms with van der Waals surface area (Å²) in [5.41, 5.74) is 0. The van der Waals surface area contributed by atoms with Crippen LogP contribution >= 0.6 is 0 Å². The zero-order valence-corrected chi connectivity index (χ0v) is 7.05. The van der Waals surface area contributed by atoms with Gasteiger partial charge in [0.1, 0.15) is 0 Å². The number of nitrogens with two attached hydrogens (primary N) is 1. The smallest absolute Gasteiger partial charge is 0.242 e. The highest BCUT2D eigenvalue weighted by molar-refractivity contribution is 6.59. The van der Waals surface area contributed by atoms with Crippen LogP contribution in [-0.2, 0) is 0 Å². The van der Waals surface area contributed by atoms with Crippen molar-refractivity contribution < 1.29 is 0 Å². The first-order chi connectivity index (χ1) is 5.42. The standard InChI is InChI=1S/C8H17BN2/c10-11-9-7-3-1-4-8(9)6-2-5-7/h7-8,11H,1-6,10H2. The average Bonchev–Trinajstić information content (AvgIpc) is 2.03. The van der Waals surface area contributed by atoms with Crippen molar-refractivity contribution in [2.45, 2.75) is 50.2 Å². The number of fused-ring (bicyclic) bond motifs is 2. The van der Waals surface area contributed by atoms with Crippen LogP contribution in [0.5, 0.6) is 0 Å². The molecule has 0 unspecified atom stereocenters. The maximum absolute atomic E-state index is 5.54. The van der Waals surface area contributed by atoms with Gasteiger partial charge < -0.3 is 0 Å². The Morgan fingerprint density at radius 3 is 1.73 bits per heavy atom. The van der Waals surface area contributed by atoms with Crippen molar-refractivity contribution in [2.24, 2.45) is 5.84 Å². The topological polar surface area (TPSA) is 38.0 Å². The Bertz CT molecular complexity index is 118. The predicted molar refractivity (Wildman–Crippen MR) is 48.3 cm³/mol. The highest BCUT2D eigenvalue weighted by atomic mass is 15.2. The molecule has 0 atom stereocenters. The maximum Gasteiger partial charge on any atom is 0.242 e. The molecule has 3 N–H and O–H groups in total. The molecule has 2 aliphatic heterocycles. The molecule has 0 amide bonds. The lowest BCUT2D eigenvalue weighted by atomic mass is 9.35. The molecule has 0 aliphatic carbocycles. The fourth-order valence-corrected chi connectivity index (χ4v) is 2.95. The van der Waals surface area contributed by atoms with Gasteiger partial charge in [0.05, 0.1) is 0 Å². The largest absolute Gasteiger partial charge is 0.299 e. The molecule has 11 heavy (non-hydrogen) atoms. The Morgan fingerprint density at radius 1 is 1.00 bits per heavy atom. The van der Waals surface area contributed by atoms with Crippen LogP contribution < -0.4 is 11.2 Å². The number of nitrogens with one attached hydrogen (secondary N) is 1. The van der Waals surface area contributed by atoms with Gasteiger partial charge in [-0.05, 0) is 11.6 Å². The van der Waals surface area contributed by atoms with E-state index < -0.39 is 0 Å². The number of hydrogen-bond acceptors (Lipinski definition) is 2. The highest BCUT2D eigenvalue weighted by Crippen LogP contribution is 2.44. The van der Waals surface area contributed by atoms with Crippen molar-refractivity contribution in [3.05, 3.63) is 0 Å². The van der Waals surface area contributed by atoms with E-state index in [0.717, 1.165) is 11.6 Å². The van der Waals surface area contributed by atoms with Gasteiger partial charge in [0.2, 0.25) is 6.85 Å². The number of hydrazine groups is 1. The summed E-state index contributed by atoms with van der Waals surface area (Å²) >= 11 is 0. The van der Waals surface area contributed by atoms with Crippen LogP contribution in [0.15, 0.2) is 0 Å². The van der Waals surface area contributed by atoms with Crippen LogP contribution in [0.3, 0.4) is 0 Å². The van der Waals surface area contributed by atoms with Crippen LogP contribution in [0.25, 0.3) is 0 Å². The second-order valence-electron chi connectivity index (χ2n) is 4.07. The lowest BCUT2D eigenvalue weighted by molar-refractivity contribution is 0.435. The molecule has 2 fully saturated rings. The fraction of sp³-hybridized carbons (Fsp3) is 1.00. The van der Waals surface area contributed by atoms with Crippen molar-refractivity contribution >= 4 is 6.85 Å². The van der Waals surface area contributed by atoms with Gasteiger partial charge in [0.15, 0.2) is 0 Å². The van der Waals surface area contributed by atoms with Crippen molar-refractivity contribution in [3.63, 3.8) is 0 Å². The van der Waals surface area contributed by atoms with Gasteiger partial charge in [-0.2, -0.15) is 0 Å². The zero-order valence-electron chi connectivity index (χ0n) is 7.05. The third-order valence-electron chi connectivity index (χ3n) is 3.51. The quantitative estimate of drug-likeness (QED) is 0.340. The van der Waals surface area contributed by atoms with E-state index in [9.17, 15) is 0 Å². The molecule has 0 saturated carbocycles. The van der Waals surface area contributed by atoms with E-state index in [1.807, 2.05) is 0 Å². The predicted octanol–water partition coefficient (Wildman–Crippen LogP) is 1.55. The van der Waals surface area contributed by atoms with Crippen molar-refractivity contribution in [1.82, 2.24) is 5.34 Å². The molecule has 0 spiro atoms. The minimum absolute atomic E-state index is 0.650. The minimum Gasteiger partial charge on any atom is -0.299 e. The van der Waals surface area contributed by atoms with E-state index in [1.165, 1.54) is 38.5 Å². The molecule has 0 aromatic rings. The van der Waals surface area contributed by atoms with E-state index in [2.05, 4.69) is 5.34 Å². The van der Waals surface area contributed by atoms with Gasteiger partial charge in [0, 0.05) is 0 Å². The van der Waals surface area contributed by atoms with Gasteiger partial charge in [-0.3, -0.25) is 11.2 Å². The molecular formula is C8H17BN2. The molecule has 2 rings (SSSR count). The lowest BCUT2D eigenvalue weighted by Gasteiger charge is -2.39. The number of hydrogen-bond donors (Lipinski definition) is 2. The minimum atomic E-state index is 0.650. The highest BCUT2D eigenvalue weighted by Gasteiger charge is 2.38. The molecule has 2 aliphatic rings. The maximum atomic E-state index is 5.54. The van der Waals surface area contributed by atoms with Crippen LogP contribution in [0.2, 0.25) is 11.6 Å². The van der Waals surface area contributed by atoms with Gasteiger partial charge in [-0.1, -0.05) is 38.5 Å². The molecule has 3 heteroatoms. The Morgan fingerprint density at radius 2 is 1.45 bits per heavy atom. The summed E-state index contributed by atoms with van der Waals surface area (Å²) in [6, 6.07) is 0. The van der Waals surface area contributed by atoms with Crippen LogP contribution in [0.1, 0.15) is 38.5 Å². The van der Waals surface area contributed by atoms with Crippen LogP contribution in [0, 0.1) is 0 Å². The monoisotopic (exact) mass is 152 g/mol. The SMILES string of the molecule is NNB1C2CCCC1CCC2. The summed E-state index contributed by atoms with van der Waals surface area (Å²) in [4.78, 5) is 0. The van der Waals surface area contributed by atoms with Crippen molar-refractivity contribution in [2.75, 3.05) is 0 Å². The third kappa shape index (κ3) is 1.32. The molecule has 0 radical (unpaired) electrons.